The second kappa shape index (κ2) is 7.59. The molecule has 0 radical (unpaired) electrons. The lowest BCUT2D eigenvalue weighted by molar-refractivity contribution is -0.119. The molecule has 0 bridgehead atoms. The molecule has 0 aliphatic rings. The van der Waals surface area contributed by atoms with Crippen LogP contribution in [0.15, 0.2) is 36.4 Å². The zero-order valence-corrected chi connectivity index (χ0v) is 13.7. The van der Waals surface area contributed by atoms with E-state index >= 15 is 0 Å². The number of amides is 2. The van der Waals surface area contributed by atoms with Crippen LogP contribution in [0.25, 0.3) is 0 Å². The van der Waals surface area contributed by atoms with Crippen LogP contribution in [-0.2, 0) is 11.2 Å². The van der Waals surface area contributed by atoms with Gasteiger partial charge in [0.25, 0.3) is 5.91 Å². The number of hydrogen-bond donors (Lipinski definition) is 2. The first kappa shape index (κ1) is 18.2. The maximum Gasteiger partial charge on any atom is 0.252 e. The van der Waals surface area contributed by atoms with Gasteiger partial charge in [0.15, 0.2) is 0 Å². The number of hydrogen-bond acceptors (Lipinski definition) is 2. The van der Waals surface area contributed by atoms with Crippen molar-refractivity contribution in [2.24, 2.45) is 5.73 Å². The van der Waals surface area contributed by atoms with Crippen molar-refractivity contribution in [3.63, 3.8) is 0 Å². The predicted molar refractivity (Wildman–Crippen MR) is 87.0 cm³/mol. The highest BCUT2D eigenvalue weighted by Gasteiger charge is 2.22. The van der Waals surface area contributed by atoms with Gasteiger partial charge in [-0.25, -0.2) is 8.78 Å². The average molecular weight is 373 g/mol. The first-order chi connectivity index (χ1) is 11.3. The third-order valence-corrected chi connectivity index (χ3v) is 3.95. The molecule has 2 rings (SSSR count). The summed E-state index contributed by atoms with van der Waals surface area (Å²) < 4.78 is 26.4. The fourth-order valence-corrected chi connectivity index (χ4v) is 2.63. The number of halogens is 4. The van der Waals surface area contributed by atoms with Crippen LogP contribution in [0.5, 0.6) is 0 Å². The Hall–Kier alpha value is -2.18. The molecule has 0 saturated heterocycles. The molecule has 8 heteroatoms. The Labute approximate surface area is 146 Å². The molecule has 0 fully saturated rings. The Morgan fingerprint density at radius 1 is 1.08 bits per heavy atom. The molecule has 126 valence electrons. The predicted octanol–water partition coefficient (Wildman–Crippen LogP) is 3.10. The topological polar surface area (TPSA) is 72.2 Å². The van der Waals surface area contributed by atoms with Crippen LogP contribution in [0, 0.1) is 11.6 Å². The number of carbonyl (C=O) groups is 2. The Morgan fingerprint density at radius 2 is 1.62 bits per heavy atom. The zero-order valence-electron chi connectivity index (χ0n) is 12.2. The monoisotopic (exact) mass is 372 g/mol. The summed E-state index contributed by atoms with van der Waals surface area (Å²) in [4.78, 5) is 23.7. The zero-order chi connectivity index (χ0) is 17.9. The van der Waals surface area contributed by atoms with Crippen molar-refractivity contribution in [1.82, 2.24) is 5.32 Å². The second-order valence-electron chi connectivity index (χ2n) is 4.99. The summed E-state index contributed by atoms with van der Waals surface area (Å²) in [6, 6.07) is 5.95. The van der Waals surface area contributed by atoms with Gasteiger partial charge < -0.3 is 11.1 Å². The van der Waals surface area contributed by atoms with Crippen molar-refractivity contribution in [3.8, 4) is 0 Å². The summed E-state index contributed by atoms with van der Waals surface area (Å²) >= 11 is 12.0. The van der Waals surface area contributed by atoms with Crippen LogP contribution in [0.2, 0.25) is 10.0 Å². The van der Waals surface area contributed by atoms with Gasteiger partial charge in [-0.3, -0.25) is 9.59 Å². The normalized spacial score (nSPS) is 11.8. The number of carbonyl (C=O) groups excluding carboxylic acids is 2. The van der Waals surface area contributed by atoms with Crippen LogP contribution in [0.3, 0.4) is 0 Å². The van der Waals surface area contributed by atoms with Crippen LogP contribution < -0.4 is 11.1 Å². The summed E-state index contributed by atoms with van der Waals surface area (Å²) in [5.41, 5.74) is 5.44. The Morgan fingerprint density at radius 3 is 2.12 bits per heavy atom. The number of nitrogens with one attached hydrogen (secondary N) is 1. The van der Waals surface area contributed by atoms with Crippen molar-refractivity contribution in [1.29, 1.82) is 0 Å². The van der Waals surface area contributed by atoms with Gasteiger partial charge in [-0.15, -0.1) is 0 Å². The molecular formula is C16H12Cl2F2N2O2. The maximum absolute atomic E-state index is 13.2. The van der Waals surface area contributed by atoms with Crippen molar-refractivity contribution < 1.29 is 18.4 Å². The fraction of sp³-hybridized carbons (Fsp3) is 0.125. The van der Waals surface area contributed by atoms with E-state index in [1.54, 1.807) is 18.2 Å². The number of nitrogens with two attached hydrogens (primary N) is 1. The SMILES string of the molecule is NC(=O)[C@H](Cc1c(Cl)cccc1Cl)NC(=O)c1cc(F)cc(F)c1. The summed E-state index contributed by atoms with van der Waals surface area (Å²) in [5.74, 6) is -3.51. The number of primary amides is 1. The first-order valence-electron chi connectivity index (χ1n) is 6.77. The lowest BCUT2D eigenvalue weighted by Crippen LogP contribution is -2.46. The summed E-state index contributed by atoms with van der Waals surface area (Å²) in [7, 11) is 0. The Bertz CT molecular complexity index is 759. The smallest absolute Gasteiger partial charge is 0.252 e. The molecule has 0 aromatic heterocycles. The molecule has 0 unspecified atom stereocenters. The minimum Gasteiger partial charge on any atom is -0.368 e. The first-order valence-corrected chi connectivity index (χ1v) is 7.52. The largest absolute Gasteiger partial charge is 0.368 e. The molecule has 2 aromatic carbocycles. The van der Waals surface area contributed by atoms with E-state index in [2.05, 4.69) is 5.32 Å². The standard InChI is InChI=1S/C16H12Cl2F2N2O2/c17-12-2-1-3-13(18)11(12)7-14(15(21)23)22-16(24)8-4-9(19)6-10(20)5-8/h1-6,14H,7H2,(H2,21,23)(H,22,24)/t14-/m0/s1. The molecule has 24 heavy (non-hydrogen) atoms. The highest BCUT2D eigenvalue weighted by molar-refractivity contribution is 6.36. The van der Waals surface area contributed by atoms with Gasteiger partial charge >= 0.3 is 0 Å². The van der Waals surface area contributed by atoms with E-state index < -0.39 is 29.5 Å². The van der Waals surface area contributed by atoms with Gasteiger partial charge in [0.05, 0.1) is 0 Å². The molecule has 4 nitrogen and oxygen atoms in total. The second-order valence-corrected chi connectivity index (χ2v) is 5.81. The highest BCUT2D eigenvalue weighted by atomic mass is 35.5. The van der Waals surface area contributed by atoms with Gasteiger partial charge in [0, 0.05) is 28.1 Å². The van der Waals surface area contributed by atoms with Crippen molar-refractivity contribution in [2.75, 3.05) is 0 Å². The van der Waals surface area contributed by atoms with Gasteiger partial charge in [-0.1, -0.05) is 29.3 Å². The minimum atomic E-state index is -1.15. The van der Waals surface area contributed by atoms with Gasteiger partial charge in [0.2, 0.25) is 5.91 Å². The lowest BCUT2D eigenvalue weighted by Gasteiger charge is -2.17. The van der Waals surface area contributed by atoms with E-state index in [9.17, 15) is 18.4 Å². The molecule has 0 aliphatic heterocycles. The summed E-state index contributed by atoms with van der Waals surface area (Å²) in [5, 5.41) is 2.94. The van der Waals surface area contributed by atoms with Crippen LogP contribution in [0.1, 0.15) is 15.9 Å². The molecule has 3 N–H and O–H groups in total. The van der Waals surface area contributed by atoms with Gasteiger partial charge in [0.1, 0.15) is 17.7 Å². The summed E-state index contributed by atoms with van der Waals surface area (Å²) in [6.07, 6.45) is -0.0582. The van der Waals surface area contributed by atoms with Gasteiger partial charge in [-0.05, 0) is 29.8 Å². The molecule has 0 aliphatic carbocycles. The minimum absolute atomic E-state index is 0.0582. The lowest BCUT2D eigenvalue weighted by atomic mass is 10.0. The number of benzene rings is 2. The van der Waals surface area contributed by atoms with E-state index in [4.69, 9.17) is 28.9 Å². The highest BCUT2D eigenvalue weighted by Crippen LogP contribution is 2.25. The van der Waals surface area contributed by atoms with E-state index in [0.717, 1.165) is 12.1 Å². The van der Waals surface area contributed by atoms with Crippen molar-refractivity contribution in [3.05, 3.63) is 69.2 Å². The molecule has 2 amide bonds. The Kier molecular flexibility index (Phi) is 5.75. The Balaban J connectivity index is 2.22. The fourth-order valence-electron chi connectivity index (χ4n) is 2.08. The van der Waals surface area contributed by atoms with Crippen LogP contribution in [-0.4, -0.2) is 17.9 Å². The molecule has 2 aromatic rings. The van der Waals surface area contributed by atoms with Gasteiger partial charge in [-0.2, -0.15) is 0 Å². The van der Waals surface area contributed by atoms with Crippen LogP contribution >= 0.6 is 23.2 Å². The van der Waals surface area contributed by atoms with E-state index in [0.29, 0.717) is 21.7 Å². The third-order valence-electron chi connectivity index (χ3n) is 3.24. The molecule has 1 atom stereocenters. The molecule has 0 heterocycles. The number of rotatable bonds is 5. The van der Waals surface area contributed by atoms with E-state index in [1.165, 1.54) is 0 Å². The van der Waals surface area contributed by atoms with Crippen LogP contribution in [0.4, 0.5) is 8.78 Å². The van der Waals surface area contributed by atoms with E-state index in [-0.39, 0.29) is 12.0 Å². The van der Waals surface area contributed by atoms with E-state index in [1.807, 2.05) is 0 Å². The molecule has 0 spiro atoms. The van der Waals surface area contributed by atoms with Crippen molar-refractivity contribution in [2.45, 2.75) is 12.5 Å². The quantitative estimate of drug-likeness (QED) is 0.846. The average Bonchev–Trinajstić information content (AvgIpc) is 2.48. The molecule has 0 saturated carbocycles. The third kappa shape index (κ3) is 4.43. The molecular weight excluding hydrogens is 361 g/mol. The van der Waals surface area contributed by atoms with Crippen molar-refractivity contribution >= 4 is 35.0 Å². The maximum atomic E-state index is 13.2. The summed E-state index contributed by atoms with van der Waals surface area (Å²) in [6.45, 7) is 0.